The molecule has 0 spiro atoms. The van der Waals surface area contributed by atoms with Gasteiger partial charge >= 0.3 is 0 Å². The van der Waals surface area contributed by atoms with Crippen molar-refractivity contribution in [1.82, 2.24) is 5.32 Å². The smallest absolute Gasteiger partial charge is 0.263 e. The summed E-state index contributed by atoms with van der Waals surface area (Å²) >= 11 is 22.3. The minimum absolute atomic E-state index is 0.0693. The monoisotopic (exact) mass is 460 g/mol. The lowest BCUT2D eigenvalue weighted by Crippen LogP contribution is -2.35. The Bertz CT molecular complexity index is 930. The molecule has 0 heterocycles. The Hall–Kier alpha value is -1.81. The normalized spacial score (nSPS) is 10.5. The predicted molar refractivity (Wildman–Crippen MR) is 98.0 cm³/mol. The number of carbonyl (C=O) groups excluding carboxylic acids is 1. The molecule has 0 saturated carbocycles. The highest BCUT2D eigenvalue weighted by Crippen LogP contribution is 2.32. The van der Waals surface area contributed by atoms with Gasteiger partial charge in [-0.3, -0.25) is 10.1 Å². The maximum atomic E-state index is 13.9. The number of hydrogen-bond acceptors (Lipinski definition) is 3. The molecule has 2 aromatic rings. The Balaban J connectivity index is 2.28. The van der Waals surface area contributed by atoms with E-state index in [1.165, 1.54) is 12.1 Å². The summed E-state index contributed by atoms with van der Waals surface area (Å²) in [6, 6.07) is 2.56. The van der Waals surface area contributed by atoms with Gasteiger partial charge in [0.25, 0.3) is 5.91 Å². The van der Waals surface area contributed by atoms with E-state index in [1.54, 1.807) is 0 Å². The van der Waals surface area contributed by atoms with Crippen LogP contribution in [0.15, 0.2) is 12.1 Å². The lowest BCUT2D eigenvalue weighted by Gasteiger charge is -2.14. The van der Waals surface area contributed by atoms with Crippen LogP contribution in [0.2, 0.25) is 15.1 Å². The molecule has 0 bridgehead atoms. The third-order valence-electron chi connectivity index (χ3n) is 3.14. The molecule has 12 heteroatoms. The van der Waals surface area contributed by atoms with Crippen LogP contribution >= 0.6 is 47.0 Å². The molecule has 4 nitrogen and oxygen atoms in total. The van der Waals surface area contributed by atoms with Gasteiger partial charge in [0.05, 0.1) is 27.9 Å². The second-order valence-electron chi connectivity index (χ2n) is 4.82. The summed E-state index contributed by atoms with van der Waals surface area (Å²) in [6.07, 6.45) is 0. The van der Waals surface area contributed by atoms with E-state index in [9.17, 15) is 22.4 Å². The van der Waals surface area contributed by atoms with Gasteiger partial charge in [0.1, 0.15) is 5.56 Å². The van der Waals surface area contributed by atoms with Crippen molar-refractivity contribution in [3.8, 4) is 5.75 Å². The molecule has 0 atom stereocenters. The Morgan fingerprint density at radius 2 is 1.48 bits per heavy atom. The molecule has 2 aromatic carbocycles. The average Bonchev–Trinajstić information content (AvgIpc) is 2.58. The van der Waals surface area contributed by atoms with Gasteiger partial charge in [-0.05, 0) is 24.4 Å². The first kappa shape index (κ1) is 21.5. The summed E-state index contributed by atoms with van der Waals surface area (Å²) in [5.74, 6) is -10.5. The summed E-state index contributed by atoms with van der Waals surface area (Å²) in [7, 11) is 0.806. The lowest BCUT2D eigenvalue weighted by molar-refractivity contribution is 0.0966. The maximum Gasteiger partial charge on any atom is 0.263 e. The van der Waals surface area contributed by atoms with Crippen LogP contribution in [0.3, 0.4) is 0 Å². The predicted octanol–water partition coefficient (Wildman–Crippen LogP) is 5.34. The molecule has 0 radical (unpaired) electrons. The summed E-state index contributed by atoms with van der Waals surface area (Å²) in [6.45, 7) is 0. The van der Waals surface area contributed by atoms with Gasteiger partial charge in [-0.15, -0.1) is 0 Å². The number of benzene rings is 2. The summed E-state index contributed by atoms with van der Waals surface area (Å²) in [5, 5.41) is 4.16. The van der Waals surface area contributed by atoms with Gasteiger partial charge in [0.15, 0.2) is 22.5 Å². The van der Waals surface area contributed by atoms with Crippen LogP contribution < -0.4 is 15.4 Å². The highest BCUT2D eigenvalue weighted by atomic mass is 35.5. The first-order valence-electron chi connectivity index (χ1n) is 6.75. The van der Waals surface area contributed by atoms with Crippen LogP contribution in [0.5, 0.6) is 5.75 Å². The number of halogens is 7. The molecule has 27 heavy (non-hydrogen) atoms. The molecular formula is C15H7Cl3F4N2O2S. The lowest BCUT2D eigenvalue weighted by atomic mass is 10.1. The number of thiocarbonyl (C=S) groups is 1. The molecule has 0 aliphatic rings. The van der Waals surface area contributed by atoms with E-state index >= 15 is 0 Å². The van der Waals surface area contributed by atoms with Crippen molar-refractivity contribution < 1.29 is 27.1 Å². The zero-order valence-corrected chi connectivity index (χ0v) is 16.1. The van der Waals surface area contributed by atoms with E-state index in [0.717, 1.165) is 7.11 Å². The van der Waals surface area contributed by atoms with Crippen LogP contribution in [-0.4, -0.2) is 18.1 Å². The van der Waals surface area contributed by atoms with E-state index in [2.05, 4.69) is 10.1 Å². The Labute approximate surface area is 170 Å². The fourth-order valence-corrected chi connectivity index (χ4v) is 2.72. The number of methoxy groups -OCH3 is 1. The topological polar surface area (TPSA) is 50.4 Å². The summed E-state index contributed by atoms with van der Waals surface area (Å²) < 4.78 is 59.5. The van der Waals surface area contributed by atoms with Gasteiger partial charge < -0.3 is 10.1 Å². The van der Waals surface area contributed by atoms with Crippen LogP contribution in [-0.2, 0) is 0 Å². The van der Waals surface area contributed by atoms with Crippen molar-refractivity contribution in [2.24, 2.45) is 0 Å². The second-order valence-corrected chi connectivity index (χ2v) is 6.45. The first-order valence-corrected chi connectivity index (χ1v) is 8.29. The third-order valence-corrected chi connectivity index (χ3v) is 4.38. The molecule has 0 aliphatic carbocycles. The van der Waals surface area contributed by atoms with E-state index < -0.39 is 45.6 Å². The van der Waals surface area contributed by atoms with Crippen molar-refractivity contribution in [3.63, 3.8) is 0 Å². The molecule has 0 saturated heterocycles. The van der Waals surface area contributed by atoms with Crippen molar-refractivity contribution >= 4 is 63.7 Å². The zero-order chi connectivity index (χ0) is 20.5. The standard InChI is InChI=1S/C15H7Cl3F4N2O2S/c1-26-13-11(21)9(19)8(10(20)12(13)22)14(25)24-15(27)23-7-3-5(17)4(16)2-6(7)18/h2-3H,1H3,(H2,23,24,25,27). The number of rotatable bonds is 3. The van der Waals surface area contributed by atoms with E-state index in [4.69, 9.17) is 47.0 Å². The number of hydrogen-bond donors (Lipinski definition) is 2. The SMILES string of the molecule is COc1c(F)c(F)c(C(=O)NC(=S)Nc2cc(Cl)c(Cl)cc2Cl)c(F)c1F. The molecule has 0 unspecified atom stereocenters. The van der Waals surface area contributed by atoms with Gasteiger partial charge in [0, 0.05) is 0 Å². The number of amides is 1. The quantitative estimate of drug-likeness (QED) is 0.368. The molecule has 0 aliphatic heterocycles. The van der Waals surface area contributed by atoms with Crippen LogP contribution in [0, 0.1) is 23.3 Å². The number of nitrogens with one attached hydrogen (secondary N) is 2. The molecule has 0 fully saturated rings. The largest absolute Gasteiger partial charge is 0.491 e. The molecule has 2 rings (SSSR count). The minimum Gasteiger partial charge on any atom is -0.491 e. The molecule has 1 amide bonds. The Morgan fingerprint density at radius 3 is 2.00 bits per heavy atom. The van der Waals surface area contributed by atoms with Crippen molar-refractivity contribution in [1.29, 1.82) is 0 Å². The average molecular weight is 462 g/mol. The highest BCUT2D eigenvalue weighted by molar-refractivity contribution is 7.80. The van der Waals surface area contributed by atoms with Crippen LogP contribution in [0.25, 0.3) is 0 Å². The van der Waals surface area contributed by atoms with Crippen LogP contribution in [0.1, 0.15) is 10.4 Å². The maximum absolute atomic E-state index is 13.9. The van der Waals surface area contributed by atoms with E-state index in [1.807, 2.05) is 5.32 Å². The molecular weight excluding hydrogens is 455 g/mol. The van der Waals surface area contributed by atoms with E-state index in [0.29, 0.717) is 0 Å². The molecule has 2 N–H and O–H groups in total. The first-order chi connectivity index (χ1) is 12.6. The number of carbonyl (C=O) groups is 1. The highest BCUT2D eigenvalue weighted by Gasteiger charge is 2.30. The van der Waals surface area contributed by atoms with Gasteiger partial charge in [0.2, 0.25) is 11.6 Å². The fourth-order valence-electron chi connectivity index (χ4n) is 1.93. The van der Waals surface area contributed by atoms with Crippen molar-refractivity contribution in [2.75, 3.05) is 12.4 Å². The molecule has 0 aromatic heterocycles. The number of ether oxygens (including phenoxy) is 1. The molecule has 144 valence electrons. The number of anilines is 1. The van der Waals surface area contributed by atoms with Gasteiger partial charge in [-0.25, -0.2) is 8.78 Å². The van der Waals surface area contributed by atoms with Crippen molar-refractivity contribution in [3.05, 3.63) is 56.0 Å². The van der Waals surface area contributed by atoms with Crippen LogP contribution in [0.4, 0.5) is 23.2 Å². The summed E-state index contributed by atoms with van der Waals surface area (Å²) in [4.78, 5) is 12.0. The third kappa shape index (κ3) is 4.37. The Morgan fingerprint density at radius 1 is 0.963 bits per heavy atom. The minimum atomic E-state index is -1.95. The fraction of sp³-hybridized carbons (Fsp3) is 0.0667. The van der Waals surface area contributed by atoms with E-state index in [-0.39, 0.29) is 20.8 Å². The van der Waals surface area contributed by atoms with Crippen molar-refractivity contribution in [2.45, 2.75) is 0 Å². The second kappa shape index (κ2) is 8.47. The van der Waals surface area contributed by atoms with Gasteiger partial charge in [-0.1, -0.05) is 34.8 Å². The zero-order valence-electron chi connectivity index (χ0n) is 13.0. The Kier molecular flexibility index (Phi) is 6.74. The summed E-state index contributed by atoms with van der Waals surface area (Å²) in [5.41, 5.74) is -1.40. The van der Waals surface area contributed by atoms with Gasteiger partial charge in [-0.2, -0.15) is 8.78 Å².